The summed E-state index contributed by atoms with van der Waals surface area (Å²) in [6.45, 7) is -5.76. The molecular formula is C14H14Cl6N2O6P2S2. The average molecular weight is 645 g/mol. The van der Waals surface area contributed by atoms with Gasteiger partial charge in [-0.2, -0.15) is 9.97 Å². The van der Waals surface area contributed by atoms with Crippen LogP contribution in [0.3, 0.4) is 0 Å². The lowest BCUT2D eigenvalue weighted by Crippen LogP contribution is -1.99. The molecule has 0 aliphatic carbocycles. The first-order valence-corrected chi connectivity index (χ1v) is 15.1. The fourth-order valence-corrected chi connectivity index (χ4v) is 4.38. The van der Waals surface area contributed by atoms with Crippen LogP contribution in [0.4, 0.5) is 0 Å². The Hall–Kier alpha value is 0.780. The highest BCUT2D eigenvalue weighted by molar-refractivity contribution is 8.08. The predicted molar refractivity (Wildman–Crippen MR) is 136 cm³/mol. The predicted octanol–water partition coefficient (Wildman–Crippen LogP) is 7.88. The zero-order chi connectivity index (χ0) is 24.7. The molecule has 0 spiro atoms. The minimum atomic E-state index is -2.88. The van der Waals surface area contributed by atoms with Crippen molar-refractivity contribution in [3.8, 4) is 11.8 Å². The number of pyridine rings is 2. The summed E-state index contributed by atoms with van der Waals surface area (Å²) in [5.74, 6) is 0.0613. The van der Waals surface area contributed by atoms with Crippen molar-refractivity contribution in [1.29, 1.82) is 0 Å². The van der Waals surface area contributed by atoms with E-state index in [0.717, 1.165) is 0 Å². The zero-order valence-corrected chi connectivity index (χ0v) is 24.4. The van der Waals surface area contributed by atoms with Gasteiger partial charge in [0.2, 0.25) is 11.8 Å². The van der Waals surface area contributed by atoms with Crippen LogP contribution in [0.1, 0.15) is 0 Å². The largest absolute Gasteiger partial charge is 0.404 e. The van der Waals surface area contributed by atoms with Crippen LogP contribution in [0.15, 0.2) is 12.1 Å². The summed E-state index contributed by atoms with van der Waals surface area (Å²) in [5, 5.41) is 0.935. The van der Waals surface area contributed by atoms with Crippen LogP contribution >= 0.6 is 83.0 Å². The molecule has 8 nitrogen and oxygen atoms in total. The fraction of sp³-hybridized carbons (Fsp3) is 0.286. The molecule has 2 aromatic heterocycles. The second-order valence-corrected chi connectivity index (χ2v) is 13.5. The Bertz CT molecular complexity index is 956. The maximum atomic E-state index is 5.85. The van der Waals surface area contributed by atoms with Gasteiger partial charge in [-0.3, -0.25) is 0 Å². The Morgan fingerprint density at radius 3 is 1.12 bits per heavy atom. The minimum Gasteiger partial charge on any atom is -0.404 e. The number of hydrogen-bond acceptors (Lipinski definition) is 10. The Morgan fingerprint density at radius 2 is 0.875 bits per heavy atom. The number of rotatable bonds is 8. The van der Waals surface area contributed by atoms with Gasteiger partial charge >= 0.3 is 13.4 Å². The molecule has 32 heavy (non-hydrogen) atoms. The first kappa shape index (κ1) is 30.8. The van der Waals surface area contributed by atoms with Crippen LogP contribution in [0.25, 0.3) is 0 Å². The number of nitrogens with zero attached hydrogens (tertiary/aromatic N) is 2. The second-order valence-electron chi connectivity index (χ2n) is 4.90. The van der Waals surface area contributed by atoms with Crippen LogP contribution in [-0.4, -0.2) is 38.4 Å². The average Bonchev–Trinajstić information content (AvgIpc) is 2.76. The molecule has 2 rings (SSSR count). The third-order valence-corrected chi connectivity index (χ3v) is 9.71. The lowest BCUT2D eigenvalue weighted by Gasteiger charge is -2.18. The summed E-state index contributed by atoms with van der Waals surface area (Å²) in [6, 6.07) is 2.80. The standard InChI is InChI=1S/2C7H7Cl3NO3PS/c2*1-12-15(16,13-2)14-7-5(9)3-4(8)6(10)11-7/h2*3H,1-2H3. The van der Waals surface area contributed by atoms with Crippen LogP contribution in [-0.2, 0) is 41.7 Å². The highest BCUT2D eigenvalue weighted by atomic mass is 35.5. The van der Waals surface area contributed by atoms with Crippen molar-refractivity contribution < 1.29 is 27.1 Å². The maximum absolute atomic E-state index is 5.85. The Balaban J connectivity index is 0.000000320. The van der Waals surface area contributed by atoms with Gasteiger partial charge in [0.15, 0.2) is 10.3 Å². The van der Waals surface area contributed by atoms with Crippen molar-refractivity contribution in [3.05, 3.63) is 42.5 Å². The van der Waals surface area contributed by atoms with Crippen molar-refractivity contribution in [3.63, 3.8) is 0 Å². The van der Waals surface area contributed by atoms with E-state index in [-0.39, 0.29) is 42.2 Å². The molecule has 0 N–H and O–H groups in total. The van der Waals surface area contributed by atoms with Gasteiger partial charge in [-0.15, -0.1) is 0 Å². The van der Waals surface area contributed by atoms with Crippen molar-refractivity contribution in [1.82, 2.24) is 9.97 Å². The van der Waals surface area contributed by atoms with Crippen molar-refractivity contribution in [2.24, 2.45) is 0 Å². The molecule has 0 unspecified atom stereocenters. The number of halogens is 6. The van der Waals surface area contributed by atoms with E-state index in [1.165, 1.54) is 40.6 Å². The highest BCUT2D eigenvalue weighted by Crippen LogP contribution is 2.50. The molecule has 0 saturated heterocycles. The van der Waals surface area contributed by atoms with Crippen LogP contribution in [0.5, 0.6) is 11.8 Å². The van der Waals surface area contributed by atoms with Crippen molar-refractivity contribution >= 4 is 107 Å². The number of aromatic nitrogens is 2. The van der Waals surface area contributed by atoms with E-state index in [2.05, 4.69) is 9.97 Å². The summed E-state index contributed by atoms with van der Waals surface area (Å²) in [5.41, 5.74) is 0. The molecule has 0 atom stereocenters. The van der Waals surface area contributed by atoms with E-state index in [0.29, 0.717) is 0 Å². The maximum Gasteiger partial charge on any atom is 0.381 e. The topological polar surface area (TPSA) is 81.2 Å². The molecule has 0 bridgehead atoms. The fourth-order valence-electron chi connectivity index (χ4n) is 1.49. The molecule has 2 heterocycles. The summed E-state index contributed by atoms with van der Waals surface area (Å²) in [6.07, 6.45) is 0. The third kappa shape index (κ3) is 9.10. The molecular weight excluding hydrogens is 631 g/mol. The lowest BCUT2D eigenvalue weighted by atomic mass is 10.5. The van der Waals surface area contributed by atoms with E-state index < -0.39 is 13.4 Å². The Kier molecular flexibility index (Phi) is 13.2. The summed E-state index contributed by atoms with van der Waals surface area (Å²) < 4.78 is 30.2. The van der Waals surface area contributed by atoms with E-state index in [4.69, 9.17) is 120 Å². The van der Waals surface area contributed by atoms with Gasteiger partial charge in [0.1, 0.15) is 10.0 Å². The van der Waals surface area contributed by atoms with Gasteiger partial charge in [0, 0.05) is 52.1 Å². The molecule has 2 aromatic rings. The summed E-state index contributed by atoms with van der Waals surface area (Å²) >= 11 is 44.5. The van der Waals surface area contributed by atoms with Crippen LogP contribution < -0.4 is 9.05 Å². The molecule has 0 saturated carbocycles. The summed E-state index contributed by atoms with van der Waals surface area (Å²) in [4.78, 5) is 7.67. The van der Waals surface area contributed by atoms with E-state index in [9.17, 15) is 0 Å². The molecule has 0 aromatic carbocycles. The second kappa shape index (κ2) is 13.8. The van der Waals surface area contributed by atoms with Crippen molar-refractivity contribution in [2.75, 3.05) is 28.4 Å². The molecule has 18 heteroatoms. The van der Waals surface area contributed by atoms with E-state index in [1.54, 1.807) is 0 Å². The SMILES string of the molecule is COP(=S)(OC)Oc1nc(Cl)c(Cl)cc1Cl.COP(=S)(OC)Oc1nc(Cl)c(Cl)cc1Cl. The summed E-state index contributed by atoms with van der Waals surface area (Å²) in [7, 11) is 5.48. The Morgan fingerprint density at radius 1 is 0.594 bits per heavy atom. The van der Waals surface area contributed by atoms with Gasteiger partial charge < -0.3 is 27.1 Å². The van der Waals surface area contributed by atoms with Crippen LogP contribution in [0.2, 0.25) is 30.4 Å². The molecule has 0 aliphatic rings. The van der Waals surface area contributed by atoms with Gasteiger partial charge in [0.25, 0.3) is 0 Å². The minimum absolute atomic E-state index is 0.0306. The molecule has 0 radical (unpaired) electrons. The Labute approximate surface area is 225 Å². The molecule has 0 aliphatic heterocycles. The van der Waals surface area contributed by atoms with E-state index >= 15 is 0 Å². The van der Waals surface area contributed by atoms with Gasteiger partial charge in [-0.25, -0.2) is 0 Å². The van der Waals surface area contributed by atoms with Gasteiger partial charge in [0.05, 0.1) is 10.0 Å². The van der Waals surface area contributed by atoms with Crippen LogP contribution in [0, 0.1) is 0 Å². The first-order chi connectivity index (χ1) is 14.8. The monoisotopic (exact) mass is 642 g/mol. The first-order valence-electron chi connectivity index (χ1n) is 7.68. The third-order valence-electron chi connectivity index (χ3n) is 3.00. The van der Waals surface area contributed by atoms with Gasteiger partial charge in [-0.1, -0.05) is 69.6 Å². The zero-order valence-electron chi connectivity index (χ0n) is 16.5. The number of hydrogen-bond donors (Lipinski definition) is 0. The smallest absolute Gasteiger partial charge is 0.381 e. The molecule has 180 valence electrons. The van der Waals surface area contributed by atoms with Gasteiger partial charge in [-0.05, 0) is 12.1 Å². The quantitative estimate of drug-likeness (QED) is 0.209. The van der Waals surface area contributed by atoms with Crippen molar-refractivity contribution in [2.45, 2.75) is 0 Å². The highest BCUT2D eigenvalue weighted by Gasteiger charge is 2.23. The molecule has 0 amide bonds. The van der Waals surface area contributed by atoms with E-state index in [1.807, 2.05) is 0 Å². The lowest BCUT2D eigenvalue weighted by molar-refractivity contribution is 0.270. The normalized spacial score (nSPS) is 11.6. The molecule has 0 fully saturated rings.